The van der Waals surface area contributed by atoms with E-state index < -0.39 is 28.3 Å². The number of ether oxygens (including phenoxy) is 3. The Morgan fingerprint density at radius 1 is 1.07 bits per heavy atom. The number of aliphatic hydroxyl groups is 2. The van der Waals surface area contributed by atoms with E-state index in [0.717, 1.165) is 42.1 Å². The van der Waals surface area contributed by atoms with E-state index in [-0.39, 0.29) is 37.5 Å². The van der Waals surface area contributed by atoms with Crippen LogP contribution in [0.25, 0.3) is 0 Å². The smallest absolute Gasteiger partial charge is 0.243 e. The number of halogens is 1. The van der Waals surface area contributed by atoms with Crippen molar-refractivity contribution in [2.24, 2.45) is 0 Å². The molecule has 9 nitrogen and oxygen atoms in total. The van der Waals surface area contributed by atoms with Crippen LogP contribution in [-0.2, 0) is 32.5 Å². The van der Waals surface area contributed by atoms with Crippen molar-refractivity contribution in [3.8, 4) is 5.75 Å². The van der Waals surface area contributed by atoms with Gasteiger partial charge in [0.1, 0.15) is 18.5 Å². The van der Waals surface area contributed by atoms with Crippen LogP contribution in [0.1, 0.15) is 41.1 Å². The van der Waals surface area contributed by atoms with Gasteiger partial charge in [-0.1, -0.05) is 41.4 Å². The molecular formula is C33H41ClN2O7S. The maximum Gasteiger partial charge on any atom is 0.243 e. The van der Waals surface area contributed by atoms with Crippen molar-refractivity contribution in [2.75, 3.05) is 51.5 Å². The molecule has 44 heavy (non-hydrogen) atoms. The molecule has 11 heteroatoms. The molecule has 5 rings (SSSR count). The largest absolute Gasteiger partial charge is 0.490 e. The molecule has 1 fully saturated rings. The summed E-state index contributed by atoms with van der Waals surface area (Å²) in [6.45, 7) is 4.89. The number of anilines is 1. The van der Waals surface area contributed by atoms with Gasteiger partial charge in [0, 0.05) is 38.4 Å². The van der Waals surface area contributed by atoms with Crippen LogP contribution in [0, 0.1) is 6.92 Å². The maximum atomic E-state index is 14.1. The molecule has 1 saturated heterocycles. The van der Waals surface area contributed by atoms with Gasteiger partial charge in [-0.05, 0) is 79.3 Å². The Labute approximate surface area is 265 Å². The third kappa shape index (κ3) is 7.23. The summed E-state index contributed by atoms with van der Waals surface area (Å²) in [6.07, 6.45) is -0.436. The Kier molecular flexibility index (Phi) is 10.8. The van der Waals surface area contributed by atoms with E-state index in [4.69, 9.17) is 25.8 Å². The second kappa shape index (κ2) is 14.6. The van der Waals surface area contributed by atoms with Gasteiger partial charge in [-0.15, -0.1) is 0 Å². The van der Waals surface area contributed by atoms with E-state index in [9.17, 15) is 18.6 Å². The van der Waals surface area contributed by atoms with E-state index in [2.05, 4.69) is 4.90 Å². The first-order valence-electron chi connectivity index (χ1n) is 15.0. The molecule has 0 aromatic heterocycles. The molecule has 1 unspecified atom stereocenters. The molecule has 2 aliphatic heterocycles. The molecule has 2 aliphatic rings. The van der Waals surface area contributed by atoms with Gasteiger partial charge in [0.25, 0.3) is 0 Å². The lowest BCUT2D eigenvalue weighted by molar-refractivity contribution is -0.102. The summed E-state index contributed by atoms with van der Waals surface area (Å²) < 4.78 is 47.3. The molecule has 3 atom stereocenters. The number of hydrogen-bond donors (Lipinski definition) is 2. The van der Waals surface area contributed by atoms with Gasteiger partial charge < -0.3 is 29.3 Å². The minimum atomic E-state index is -3.97. The van der Waals surface area contributed by atoms with Crippen LogP contribution in [-0.4, -0.2) is 81.7 Å². The first-order valence-corrected chi connectivity index (χ1v) is 16.8. The SMILES string of the molecule is COCCCN1CCOc2ccc(CO[C@H]3C(c4ccc(Cl)cc4CCO)N(S(=O)(=O)c4ccc(C)cc4)CC[C@@H]3O)cc21. The van der Waals surface area contributed by atoms with Crippen LogP contribution in [0.15, 0.2) is 65.6 Å². The topological polar surface area (TPSA) is 109 Å². The molecule has 3 aromatic carbocycles. The molecule has 0 saturated carbocycles. The molecule has 2 N–H and O–H groups in total. The van der Waals surface area contributed by atoms with E-state index in [1.807, 2.05) is 25.1 Å². The van der Waals surface area contributed by atoms with Crippen LogP contribution in [0.5, 0.6) is 5.75 Å². The Morgan fingerprint density at radius 2 is 1.86 bits per heavy atom. The average molecular weight is 645 g/mol. The van der Waals surface area contributed by atoms with Crippen LogP contribution in [0.4, 0.5) is 5.69 Å². The summed E-state index contributed by atoms with van der Waals surface area (Å²) in [7, 11) is -2.28. The predicted octanol–water partition coefficient (Wildman–Crippen LogP) is 4.50. The lowest BCUT2D eigenvalue weighted by Gasteiger charge is -2.43. The van der Waals surface area contributed by atoms with Crippen LogP contribution in [0.2, 0.25) is 5.02 Å². The fourth-order valence-electron chi connectivity index (χ4n) is 6.02. The number of fused-ring (bicyclic) bond motifs is 1. The van der Waals surface area contributed by atoms with Gasteiger partial charge in [0.05, 0.1) is 35.9 Å². The van der Waals surface area contributed by atoms with E-state index >= 15 is 0 Å². The highest BCUT2D eigenvalue weighted by Gasteiger charge is 2.45. The van der Waals surface area contributed by atoms with E-state index in [1.165, 1.54) is 4.31 Å². The number of aryl methyl sites for hydroxylation is 1. The highest BCUT2D eigenvalue weighted by molar-refractivity contribution is 7.89. The molecule has 238 valence electrons. The van der Waals surface area contributed by atoms with Gasteiger partial charge in [0.15, 0.2) is 0 Å². The van der Waals surface area contributed by atoms with Crippen molar-refractivity contribution in [3.05, 3.63) is 87.9 Å². The van der Waals surface area contributed by atoms with E-state index in [0.29, 0.717) is 29.4 Å². The van der Waals surface area contributed by atoms with Crippen molar-refractivity contribution in [1.82, 2.24) is 4.31 Å². The minimum absolute atomic E-state index is 0.107. The molecule has 3 aromatic rings. The number of hydrogen-bond acceptors (Lipinski definition) is 8. The number of rotatable bonds is 12. The van der Waals surface area contributed by atoms with Crippen LogP contribution in [0.3, 0.4) is 0 Å². The zero-order valence-corrected chi connectivity index (χ0v) is 26.8. The highest BCUT2D eigenvalue weighted by atomic mass is 35.5. The number of piperidine rings is 1. The zero-order chi connectivity index (χ0) is 31.3. The molecule has 0 aliphatic carbocycles. The fourth-order valence-corrected chi connectivity index (χ4v) is 7.84. The first-order chi connectivity index (χ1) is 21.2. The van der Waals surface area contributed by atoms with Gasteiger partial charge in [-0.2, -0.15) is 4.31 Å². The van der Waals surface area contributed by atoms with Crippen molar-refractivity contribution in [3.63, 3.8) is 0 Å². The maximum absolute atomic E-state index is 14.1. The average Bonchev–Trinajstić information content (AvgIpc) is 3.01. The lowest BCUT2D eigenvalue weighted by Crippen LogP contribution is -2.52. The predicted molar refractivity (Wildman–Crippen MR) is 170 cm³/mol. The molecule has 0 bridgehead atoms. The molecular weight excluding hydrogens is 604 g/mol. The Morgan fingerprint density at radius 3 is 2.61 bits per heavy atom. The summed E-state index contributed by atoms with van der Waals surface area (Å²) in [6, 6.07) is 17.0. The lowest BCUT2D eigenvalue weighted by atomic mass is 9.88. The summed E-state index contributed by atoms with van der Waals surface area (Å²) in [5.41, 5.74) is 4.15. The van der Waals surface area contributed by atoms with Gasteiger partial charge in [-0.3, -0.25) is 0 Å². The number of nitrogens with zero attached hydrogens (tertiary/aromatic N) is 2. The molecule has 0 radical (unpaired) electrons. The summed E-state index contributed by atoms with van der Waals surface area (Å²) in [5.74, 6) is 0.804. The number of methoxy groups -OCH3 is 1. The van der Waals surface area contributed by atoms with Crippen molar-refractivity contribution >= 4 is 27.3 Å². The summed E-state index contributed by atoms with van der Waals surface area (Å²) in [5, 5.41) is 21.7. The second-order valence-electron chi connectivity index (χ2n) is 11.3. The third-order valence-corrected chi connectivity index (χ3v) is 10.4. The Balaban J connectivity index is 1.49. The van der Waals surface area contributed by atoms with Crippen molar-refractivity contribution in [2.45, 2.75) is 55.9 Å². The fraction of sp³-hybridized carbons (Fsp3) is 0.455. The van der Waals surface area contributed by atoms with Gasteiger partial charge >= 0.3 is 0 Å². The number of benzene rings is 3. The number of sulfonamides is 1. The molecule has 0 spiro atoms. The normalized spacial score (nSPS) is 20.8. The Hall–Kier alpha value is -2.70. The highest BCUT2D eigenvalue weighted by Crippen LogP contribution is 2.41. The van der Waals surface area contributed by atoms with Crippen molar-refractivity contribution in [1.29, 1.82) is 0 Å². The minimum Gasteiger partial charge on any atom is -0.490 e. The zero-order valence-electron chi connectivity index (χ0n) is 25.2. The van der Waals surface area contributed by atoms with Crippen LogP contribution < -0.4 is 9.64 Å². The summed E-state index contributed by atoms with van der Waals surface area (Å²) in [4.78, 5) is 2.44. The molecule has 2 heterocycles. The van der Waals surface area contributed by atoms with E-state index in [1.54, 1.807) is 49.6 Å². The quantitative estimate of drug-likeness (QED) is 0.278. The first kappa shape index (κ1) is 32.7. The second-order valence-corrected chi connectivity index (χ2v) is 13.6. The van der Waals surface area contributed by atoms with Crippen molar-refractivity contribution < 1.29 is 32.8 Å². The third-order valence-electron chi connectivity index (χ3n) is 8.28. The van der Waals surface area contributed by atoms with Crippen LogP contribution >= 0.6 is 11.6 Å². The molecule has 0 amide bonds. The summed E-state index contributed by atoms with van der Waals surface area (Å²) >= 11 is 6.33. The van der Waals surface area contributed by atoms with Gasteiger partial charge in [0.2, 0.25) is 10.0 Å². The van der Waals surface area contributed by atoms with Gasteiger partial charge in [-0.25, -0.2) is 8.42 Å². The Bertz CT molecular complexity index is 1520. The standard InChI is InChI=1S/C33H41ClN2O7S/c1-23-4-8-27(9-5-23)44(39,40)36-15-12-30(38)33(32(36)28-10-7-26(34)21-25(28)13-17-37)43-22-24-6-11-31-29(20-24)35(16-19-42-31)14-3-18-41-2/h4-11,20-21,30,32-33,37-38H,3,12-19,22H2,1-2H3/t30-,32?,33+/m0/s1. The number of aliphatic hydroxyl groups excluding tert-OH is 2. The monoisotopic (exact) mass is 644 g/mol.